The van der Waals surface area contributed by atoms with Gasteiger partial charge in [-0.05, 0) is 38.5 Å². The Balaban J connectivity index is 4.02. The van der Waals surface area contributed by atoms with Crippen LogP contribution in [0.25, 0.3) is 0 Å². The van der Waals surface area contributed by atoms with Crippen molar-refractivity contribution in [2.24, 2.45) is 0 Å². The van der Waals surface area contributed by atoms with Crippen LogP contribution >= 0.6 is 0 Å². The molecule has 0 aliphatic heterocycles. The molecule has 0 spiro atoms. The van der Waals surface area contributed by atoms with E-state index >= 15 is 0 Å². The second-order valence-corrected chi connectivity index (χ2v) is 26.6. The first-order valence-electron chi connectivity index (χ1n) is 36.9. The van der Waals surface area contributed by atoms with Crippen molar-refractivity contribution < 1.29 is 42.9 Å². The van der Waals surface area contributed by atoms with Crippen molar-refractivity contribution in [1.29, 1.82) is 0 Å². The fourth-order valence-corrected chi connectivity index (χ4v) is 11.4. The van der Waals surface area contributed by atoms with Crippen LogP contribution in [0.5, 0.6) is 0 Å². The first kappa shape index (κ1) is 81.0. The maximum Gasteiger partial charge on any atom is 0.361 e. The van der Waals surface area contributed by atoms with E-state index in [1.807, 2.05) is 21.1 Å². The maximum absolute atomic E-state index is 12.9. The number of ether oxygens (including phenoxy) is 4. The minimum atomic E-state index is -1.51. The molecule has 2 atom stereocenters. The van der Waals surface area contributed by atoms with Crippen molar-refractivity contribution in [3.63, 3.8) is 0 Å². The number of carbonyl (C=O) groups is 3. The number of allylic oxidation sites excluding steroid dienone is 2. The Hall–Kier alpha value is -1.97. The van der Waals surface area contributed by atoms with Gasteiger partial charge in [-0.3, -0.25) is 9.59 Å². The molecular weight excluding hydrogens is 1030 g/mol. The summed E-state index contributed by atoms with van der Waals surface area (Å²) in [6.45, 7) is 4.97. The molecule has 0 radical (unpaired) electrons. The summed E-state index contributed by atoms with van der Waals surface area (Å²) < 4.78 is 23.0. The monoisotopic (exact) mass is 1180 g/mol. The second-order valence-electron chi connectivity index (χ2n) is 26.6. The Labute approximate surface area is 516 Å². The van der Waals surface area contributed by atoms with E-state index in [4.69, 9.17) is 18.9 Å². The van der Waals surface area contributed by atoms with Crippen molar-refractivity contribution in [1.82, 2.24) is 0 Å². The van der Waals surface area contributed by atoms with Gasteiger partial charge in [-0.15, -0.1) is 0 Å². The minimum Gasteiger partial charge on any atom is -0.477 e. The number of hydrogen-bond donors (Lipinski definition) is 1. The van der Waals surface area contributed by atoms with Gasteiger partial charge in [-0.1, -0.05) is 347 Å². The number of unbranched alkanes of at least 4 members (excludes halogenated alkanes) is 53. The topological polar surface area (TPSA) is 108 Å². The number of carboxylic acids is 1. The summed E-state index contributed by atoms with van der Waals surface area (Å²) in [7, 11) is 6.00. The van der Waals surface area contributed by atoms with Crippen molar-refractivity contribution >= 4 is 17.9 Å². The lowest BCUT2D eigenvalue weighted by atomic mass is 10.0. The first-order chi connectivity index (χ1) is 40.6. The molecule has 0 saturated carbocycles. The SMILES string of the molecule is CCCCCCCCCC/C=C\CCCCCCCCCCCCCCCCCC(=O)OC(COC(=O)CCCCCCCCCCCCCCCCCCCCCCCCCCCCCCCCC)COC(OCC[N+](C)(C)C)C(=O)O. The Morgan fingerprint density at radius 2 is 0.614 bits per heavy atom. The summed E-state index contributed by atoms with van der Waals surface area (Å²) in [5.74, 6) is -1.97. The van der Waals surface area contributed by atoms with E-state index in [-0.39, 0.29) is 38.2 Å². The van der Waals surface area contributed by atoms with E-state index in [0.29, 0.717) is 17.4 Å². The fraction of sp³-hybridized carbons (Fsp3) is 0.932. The average Bonchev–Trinajstić information content (AvgIpc) is 3.46. The molecule has 0 rings (SSSR count). The van der Waals surface area contributed by atoms with E-state index in [1.165, 1.54) is 321 Å². The van der Waals surface area contributed by atoms with Gasteiger partial charge in [0.1, 0.15) is 13.2 Å². The molecule has 492 valence electrons. The number of hydrogen-bond acceptors (Lipinski definition) is 7. The predicted octanol–water partition coefficient (Wildman–Crippen LogP) is 22.8. The summed E-state index contributed by atoms with van der Waals surface area (Å²) in [6, 6.07) is 0. The predicted molar refractivity (Wildman–Crippen MR) is 355 cm³/mol. The number of quaternary nitrogens is 1. The van der Waals surface area contributed by atoms with Crippen molar-refractivity contribution in [2.45, 2.75) is 399 Å². The van der Waals surface area contributed by atoms with E-state index in [0.717, 1.165) is 38.5 Å². The van der Waals surface area contributed by atoms with Crippen LogP contribution in [0.4, 0.5) is 0 Å². The second kappa shape index (κ2) is 66.0. The number of aliphatic carboxylic acids is 1. The first-order valence-corrected chi connectivity index (χ1v) is 36.9. The molecule has 0 aromatic rings. The van der Waals surface area contributed by atoms with E-state index in [9.17, 15) is 19.5 Å². The lowest BCUT2D eigenvalue weighted by Gasteiger charge is -2.25. The fourth-order valence-electron chi connectivity index (χ4n) is 11.4. The summed E-state index contributed by atoms with van der Waals surface area (Å²) >= 11 is 0. The Morgan fingerprint density at radius 3 is 0.892 bits per heavy atom. The number of likely N-dealkylation sites (N-methyl/N-ethyl adjacent to an activating group) is 1. The van der Waals surface area contributed by atoms with Crippen LogP contribution in [-0.4, -0.2) is 87.4 Å². The lowest BCUT2D eigenvalue weighted by molar-refractivity contribution is -0.870. The van der Waals surface area contributed by atoms with Gasteiger partial charge in [0, 0.05) is 12.8 Å². The normalized spacial score (nSPS) is 12.6. The highest BCUT2D eigenvalue weighted by Crippen LogP contribution is 2.20. The van der Waals surface area contributed by atoms with Gasteiger partial charge in [0.2, 0.25) is 0 Å². The standard InChI is InChI=1S/C74H143NO8/c1-6-8-10-12-14-16-18-20-22-24-26-28-30-32-34-35-36-37-39-40-42-44-46-48-50-52-54-56-58-60-62-64-71(76)81-68-70(69-82-74(73(78)79)80-67-66-75(3,4)5)83-72(77)65-63-61-59-57-55-53-51-49-47-45-43-41-38-33-31-29-27-25-23-21-19-17-15-13-11-9-7-2/h25,27,70,74H,6-24,26,28-69H2,1-5H3/p+1/b27-25-. The Bertz CT molecular complexity index is 1370. The van der Waals surface area contributed by atoms with Crippen molar-refractivity contribution in [2.75, 3.05) is 47.5 Å². The number of nitrogens with zero attached hydrogens (tertiary/aromatic N) is 1. The maximum atomic E-state index is 12.9. The van der Waals surface area contributed by atoms with Gasteiger partial charge < -0.3 is 28.5 Å². The molecule has 0 saturated heterocycles. The summed E-state index contributed by atoms with van der Waals surface area (Å²) in [5.41, 5.74) is 0. The minimum absolute atomic E-state index is 0.174. The van der Waals surface area contributed by atoms with Gasteiger partial charge in [0.25, 0.3) is 6.29 Å². The molecule has 0 fully saturated rings. The number of esters is 2. The molecule has 9 nitrogen and oxygen atoms in total. The molecule has 0 aliphatic carbocycles. The van der Waals surface area contributed by atoms with Crippen LogP contribution < -0.4 is 0 Å². The lowest BCUT2D eigenvalue weighted by Crippen LogP contribution is -2.40. The molecule has 2 unspecified atom stereocenters. The molecule has 0 aromatic carbocycles. The third-order valence-corrected chi connectivity index (χ3v) is 17.0. The van der Waals surface area contributed by atoms with Gasteiger partial charge >= 0.3 is 17.9 Å². The van der Waals surface area contributed by atoms with Crippen LogP contribution in [-0.2, 0) is 33.3 Å². The quantitative estimate of drug-likeness (QED) is 0.0211. The molecule has 0 heterocycles. The smallest absolute Gasteiger partial charge is 0.361 e. The van der Waals surface area contributed by atoms with Gasteiger partial charge in [0.15, 0.2) is 6.10 Å². The molecule has 1 N–H and O–H groups in total. The molecule has 0 aromatic heterocycles. The van der Waals surface area contributed by atoms with Gasteiger partial charge in [-0.2, -0.15) is 0 Å². The van der Waals surface area contributed by atoms with Crippen LogP contribution in [0, 0.1) is 0 Å². The largest absolute Gasteiger partial charge is 0.477 e. The van der Waals surface area contributed by atoms with Crippen LogP contribution in [0.3, 0.4) is 0 Å². The van der Waals surface area contributed by atoms with Crippen molar-refractivity contribution in [3.8, 4) is 0 Å². The van der Waals surface area contributed by atoms with Crippen molar-refractivity contribution in [3.05, 3.63) is 12.2 Å². The Morgan fingerprint density at radius 1 is 0.349 bits per heavy atom. The van der Waals surface area contributed by atoms with Crippen LogP contribution in [0.15, 0.2) is 12.2 Å². The Kier molecular flexibility index (Phi) is 64.4. The molecule has 0 amide bonds. The van der Waals surface area contributed by atoms with Gasteiger partial charge in [0.05, 0.1) is 34.4 Å². The highest BCUT2D eigenvalue weighted by Gasteiger charge is 2.25. The molecule has 83 heavy (non-hydrogen) atoms. The zero-order valence-corrected chi connectivity index (χ0v) is 56.4. The van der Waals surface area contributed by atoms with E-state index < -0.39 is 18.4 Å². The highest BCUT2D eigenvalue weighted by atomic mass is 16.7. The third kappa shape index (κ3) is 67.4. The summed E-state index contributed by atoms with van der Waals surface area (Å²) in [5, 5.41) is 9.75. The van der Waals surface area contributed by atoms with Gasteiger partial charge in [-0.25, -0.2) is 4.79 Å². The molecule has 9 heteroatoms. The van der Waals surface area contributed by atoms with E-state index in [2.05, 4.69) is 26.0 Å². The highest BCUT2D eigenvalue weighted by molar-refractivity contribution is 5.71. The molecule has 0 aliphatic rings. The van der Waals surface area contributed by atoms with E-state index in [1.54, 1.807) is 0 Å². The average molecular weight is 1180 g/mol. The number of carbonyl (C=O) groups excluding carboxylic acids is 2. The third-order valence-electron chi connectivity index (χ3n) is 17.0. The molecule has 0 bridgehead atoms. The van der Waals surface area contributed by atoms with Crippen LogP contribution in [0.2, 0.25) is 0 Å². The zero-order chi connectivity index (χ0) is 60.5. The summed E-state index contributed by atoms with van der Waals surface area (Å²) in [4.78, 5) is 37.6. The summed E-state index contributed by atoms with van der Waals surface area (Å²) in [6.07, 6.45) is 77.7. The molecular formula is C74H144NO8+. The number of rotatable bonds is 70. The zero-order valence-electron chi connectivity index (χ0n) is 56.4. The van der Waals surface area contributed by atoms with Crippen LogP contribution in [0.1, 0.15) is 386 Å². The number of carboxylic acid groups (broad SMARTS) is 1.